The topological polar surface area (TPSA) is 113 Å². The van der Waals surface area contributed by atoms with Crippen LogP contribution in [0, 0.1) is 0 Å². The van der Waals surface area contributed by atoms with Crippen LogP contribution in [-0.4, -0.2) is 28.1 Å². The number of nitrogens with two attached hydrogens (primary N) is 1. The zero-order chi connectivity index (χ0) is 13.7. The normalized spacial score (nSPS) is 11.6. The van der Waals surface area contributed by atoms with Crippen molar-refractivity contribution in [2.24, 2.45) is 5.73 Å². The van der Waals surface area contributed by atoms with Gasteiger partial charge in [0.1, 0.15) is 11.3 Å². The maximum Gasteiger partial charge on any atom is 0.339 e. The number of phenols is 1. The highest BCUT2D eigenvalue weighted by Crippen LogP contribution is 2.21. The lowest BCUT2D eigenvalue weighted by Gasteiger charge is -2.11. The Morgan fingerprint density at radius 3 is 2.72 bits per heavy atom. The summed E-state index contributed by atoms with van der Waals surface area (Å²) >= 11 is 0. The molecule has 0 aromatic heterocycles. The van der Waals surface area contributed by atoms with Crippen LogP contribution in [0.4, 0.5) is 5.69 Å². The van der Waals surface area contributed by atoms with Crippen molar-refractivity contribution < 1.29 is 19.8 Å². The van der Waals surface area contributed by atoms with Crippen molar-refractivity contribution in [2.75, 3.05) is 5.32 Å². The fourth-order valence-electron chi connectivity index (χ4n) is 1.31. The molecule has 0 aliphatic rings. The van der Waals surface area contributed by atoms with Crippen LogP contribution in [0.3, 0.4) is 0 Å². The molecule has 1 rings (SSSR count). The SMILES string of the molecule is C=CCC(N)C(=O)Nc1ccc(O)c(C(=O)O)c1. The molecule has 6 nitrogen and oxygen atoms in total. The van der Waals surface area contributed by atoms with Gasteiger partial charge in [-0.3, -0.25) is 4.79 Å². The van der Waals surface area contributed by atoms with Gasteiger partial charge >= 0.3 is 5.97 Å². The number of anilines is 1. The van der Waals surface area contributed by atoms with Gasteiger partial charge in [0, 0.05) is 5.69 Å². The second-order valence-electron chi connectivity index (χ2n) is 3.66. The molecule has 18 heavy (non-hydrogen) atoms. The molecule has 0 bridgehead atoms. The number of amides is 1. The Bertz CT molecular complexity index is 485. The minimum atomic E-state index is -1.28. The van der Waals surface area contributed by atoms with Crippen LogP contribution in [0.25, 0.3) is 0 Å². The average molecular weight is 250 g/mol. The first-order valence-electron chi connectivity index (χ1n) is 5.19. The molecule has 0 saturated carbocycles. The van der Waals surface area contributed by atoms with Crippen molar-refractivity contribution in [1.29, 1.82) is 0 Å². The van der Waals surface area contributed by atoms with Crippen LogP contribution in [-0.2, 0) is 4.79 Å². The third-order valence-electron chi connectivity index (χ3n) is 2.25. The van der Waals surface area contributed by atoms with Crippen LogP contribution in [0.2, 0.25) is 0 Å². The lowest BCUT2D eigenvalue weighted by Crippen LogP contribution is -2.35. The summed E-state index contributed by atoms with van der Waals surface area (Å²) in [6, 6.07) is 3.00. The molecule has 0 spiro atoms. The lowest BCUT2D eigenvalue weighted by molar-refractivity contribution is -0.117. The van der Waals surface area contributed by atoms with Crippen molar-refractivity contribution in [1.82, 2.24) is 0 Å². The number of aromatic hydroxyl groups is 1. The number of benzene rings is 1. The molecule has 1 unspecified atom stereocenters. The molecule has 0 saturated heterocycles. The average Bonchev–Trinajstić information content (AvgIpc) is 2.31. The van der Waals surface area contributed by atoms with E-state index in [9.17, 15) is 14.7 Å². The van der Waals surface area contributed by atoms with Gasteiger partial charge in [-0.1, -0.05) is 6.08 Å². The van der Waals surface area contributed by atoms with Gasteiger partial charge in [0.2, 0.25) is 5.91 Å². The summed E-state index contributed by atoms with van der Waals surface area (Å²) in [4.78, 5) is 22.4. The highest BCUT2D eigenvalue weighted by atomic mass is 16.4. The zero-order valence-electron chi connectivity index (χ0n) is 9.59. The summed E-state index contributed by atoms with van der Waals surface area (Å²) in [6.07, 6.45) is 1.83. The highest BCUT2D eigenvalue weighted by Gasteiger charge is 2.14. The molecule has 96 valence electrons. The first-order valence-corrected chi connectivity index (χ1v) is 5.19. The molecule has 1 atom stereocenters. The van der Waals surface area contributed by atoms with Crippen molar-refractivity contribution in [3.63, 3.8) is 0 Å². The molecule has 0 heterocycles. The number of hydrogen-bond acceptors (Lipinski definition) is 4. The predicted molar refractivity (Wildman–Crippen MR) is 66.5 cm³/mol. The molecule has 0 aliphatic heterocycles. The lowest BCUT2D eigenvalue weighted by atomic mass is 10.1. The summed E-state index contributed by atoms with van der Waals surface area (Å²) in [5, 5.41) is 20.6. The van der Waals surface area contributed by atoms with E-state index < -0.39 is 17.9 Å². The number of carbonyl (C=O) groups is 2. The fraction of sp³-hybridized carbons (Fsp3) is 0.167. The predicted octanol–water partition coefficient (Wildman–Crippen LogP) is 0.932. The van der Waals surface area contributed by atoms with E-state index in [0.29, 0.717) is 6.42 Å². The Morgan fingerprint density at radius 1 is 1.50 bits per heavy atom. The van der Waals surface area contributed by atoms with E-state index in [4.69, 9.17) is 10.8 Å². The van der Waals surface area contributed by atoms with E-state index in [-0.39, 0.29) is 17.0 Å². The van der Waals surface area contributed by atoms with Gasteiger partial charge in [-0.15, -0.1) is 6.58 Å². The van der Waals surface area contributed by atoms with Gasteiger partial charge in [-0.05, 0) is 24.6 Å². The molecule has 0 aliphatic carbocycles. The Labute approximate surface area is 104 Å². The van der Waals surface area contributed by atoms with Crippen LogP contribution >= 0.6 is 0 Å². The number of carbonyl (C=O) groups excluding carboxylic acids is 1. The summed E-state index contributed by atoms with van der Waals surface area (Å²) in [5.41, 5.74) is 5.53. The number of aromatic carboxylic acids is 1. The number of carboxylic acid groups (broad SMARTS) is 1. The van der Waals surface area contributed by atoms with Crippen molar-refractivity contribution in [3.05, 3.63) is 36.4 Å². The molecule has 6 heteroatoms. The van der Waals surface area contributed by atoms with Gasteiger partial charge < -0.3 is 21.3 Å². The van der Waals surface area contributed by atoms with Crippen LogP contribution in [0.5, 0.6) is 5.75 Å². The maximum atomic E-state index is 11.6. The van der Waals surface area contributed by atoms with E-state index in [2.05, 4.69) is 11.9 Å². The standard InChI is InChI=1S/C12H14N2O4/c1-2-3-9(13)11(16)14-7-4-5-10(15)8(6-7)12(17)18/h2,4-6,9,15H,1,3,13H2,(H,14,16)(H,17,18). The number of carboxylic acids is 1. The molecule has 5 N–H and O–H groups in total. The molecule has 0 fully saturated rings. The van der Waals surface area contributed by atoms with E-state index in [1.165, 1.54) is 18.2 Å². The van der Waals surface area contributed by atoms with E-state index in [1.54, 1.807) is 0 Å². The fourth-order valence-corrected chi connectivity index (χ4v) is 1.31. The van der Waals surface area contributed by atoms with Gasteiger partial charge in [0.15, 0.2) is 0 Å². The largest absolute Gasteiger partial charge is 0.507 e. The third-order valence-corrected chi connectivity index (χ3v) is 2.25. The third kappa shape index (κ3) is 3.33. The monoisotopic (exact) mass is 250 g/mol. The Kier molecular flexibility index (Phi) is 4.45. The number of nitrogens with one attached hydrogen (secondary N) is 1. The second kappa shape index (κ2) is 5.83. The molecular formula is C12H14N2O4. The maximum absolute atomic E-state index is 11.6. The van der Waals surface area contributed by atoms with E-state index >= 15 is 0 Å². The van der Waals surface area contributed by atoms with Gasteiger partial charge in [0.25, 0.3) is 0 Å². The Balaban J connectivity index is 2.85. The molecule has 0 radical (unpaired) electrons. The summed E-state index contributed by atoms with van der Waals surface area (Å²) in [5.74, 6) is -2.09. The van der Waals surface area contributed by atoms with Crippen molar-refractivity contribution in [3.8, 4) is 5.75 Å². The first kappa shape index (κ1) is 13.7. The smallest absolute Gasteiger partial charge is 0.339 e. The summed E-state index contributed by atoms with van der Waals surface area (Å²) < 4.78 is 0. The minimum Gasteiger partial charge on any atom is -0.507 e. The van der Waals surface area contributed by atoms with Crippen molar-refractivity contribution in [2.45, 2.75) is 12.5 Å². The van der Waals surface area contributed by atoms with Gasteiger partial charge in [-0.25, -0.2) is 4.79 Å². The van der Waals surface area contributed by atoms with Crippen LogP contribution < -0.4 is 11.1 Å². The molecule has 1 amide bonds. The number of hydrogen-bond donors (Lipinski definition) is 4. The summed E-state index contributed by atoms with van der Waals surface area (Å²) in [7, 11) is 0. The molecule has 1 aromatic carbocycles. The Hall–Kier alpha value is -2.34. The van der Waals surface area contributed by atoms with Gasteiger partial charge in [0.05, 0.1) is 6.04 Å². The highest BCUT2D eigenvalue weighted by molar-refractivity contribution is 5.97. The minimum absolute atomic E-state index is 0.259. The van der Waals surface area contributed by atoms with Gasteiger partial charge in [-0.2, -0.15) is 0 Å². The first-order chi connectivity index (χ1) is 8.45. The van der Waals surface area contributed by atoms with E-state index in [1.807, 2.05) is 0 Å². The Morgan fingerprint density at radius 2 is 2.17 bits per heavy atom. The van der Waals surface area contributed by atoms with Crippen LogP contribution in [0.15, 0.2) is 30.9 Å². The van der Waals surface area contributed by atoms with Crippen LogP contribution in [0.1, 0.15) is 16.8 Å². The second-order valence-corrected chi connectivity index (χ2v) is 3.66. The molecule has 1 aromatic rings. The zero-order valence-corrected chi connectivity index (χ0v) is 9.59. The quantitative estimate of drug-likeness (QED) is 0.458. The summed E-state index contributed by atoms with van der Waals surface area (Å²) in [6.45, 7) is 3.47. The van der Waals surface area contributed by atoms with E-state index in [0.717, 1.165) is 6.07 Å². The number of rotatable bonds is 5. The molecular weight excluding hydrogens is 236 g/mol. The van der Waals surface area contributed by atoms with Crippen molar-refractivity contribution >= 4 is 17.6 Å².